The van der Waals surface area contributed by atoms with E-state index in [1.54, 1.807) is 11.3 Å². The molecule has 0 aliphatic rings. The first-order valence-electron chi connectivity index (χ1n) is 8.13. The molecule has 0 spiro atoms. The molecule has 1 amide bonds. The smallest absolute Gasteiger partial charge is 0.261 e. The number of anilines is 1. The number of thiazole rings is 1. The minimum atomic E-state index is 0.0165. The number of fused-ring (bicyclic) bond motifs is 1. The van der Waals surface area contributed by atoms with Crippen molar-refractivity contribution in [2.24, 2.45) is 0 Å². The molecular weight excluding hydrogens is 445 g/mol. The van der Waals surface area contributed by atoms with Gasteiger partial charge in [-0.25, -0.2) is 4.98 Å². The van der Waals surface area contributed by atoms with Crippen LogP contribution in [0.5, 0.6) is 0 Å². The largest absolute Gasteiger partial charge is 0.309 e. The van der Waals surface area contributed by atoms with Gasteiger partial charge in [-0.15, -0.1) is 0 Å². The van der Waals surface area contributed by atoms with E-state index in [1.807, 2.05) is 67.5 Å². The number of halogens is 1. The van der Waals surface area contributed by atoms with Gasteiger partial charge in [-0.3, -0.25) is 9.69 Å². The van der Waals surface area contributed by atoms with E-state index in [0.717, 1.165) is 37.4 Å². The maximum Gasteiger partial charge on any atom is 0.261 e. The van der Waals surface area contributed by atoms with Crippen LogP contribution in [0.25, 0.3) is 10.2 Å². The average Bonchev–Trinajstić information content (AvgIpc) is 3.02. The van der Waals surface area contributed by atoms with E-state index in [2.05, 4.69) is 27.5 Å². The number of carbonyl (C=O) groups excluding carboxylic acids is 1. The van der Waals surface area contributed by atoms with Crippen molar-refractivity contribution >= 4 is 55.2 Å². The predicted octanol–water partition coefficient (Wildman–Crippen LogP) is 4.50. The van der Waals surface area contributed by atoms with Crippen LogP contribution in [0.15, 0.2) is 48.5 Å². The van der Waals surface area contributed by atoms with Gasteiger partial charge in [0.25, 0.3) is 5.91 Å². The Morgan fingerprint density at radius 1 is 1.08 bits per heavy atom. The highest BCUT2D eigenvalue weighted by molar-refractivity contribution is 14.1. The number of carbonyl (C=O) groups is 1. The van der Waals surface area contributed by atoms with Gasteiger partial charge in [0.05, 0.1) is 15.8 Å². The fraction of sp³-hybridized carbons (Fsp3) is 0.263. The van der Waals surface area contributed by atoms with Gasteiger partial charge in [-0.05, 0) is 73.9 Å². The van der Waals surface area contributed by atoms with E-state index >= 15 is 0 Å². The molecule has 4 nitrogen and oxygen atoms in total. The van der Waals surface area contributed by atoms with E-state index in [9.17, 15) is 4.79 Å². The normalized spacial score (nSPS) is 11.2. The van der Waals surface area contributed by atoms with E-state index < -0.39 is 0 Å². The van der Waals surface area contributed by atoms with Crippen LogP contribution in [0.3, 0.4) is 0 Å². The van der Waals surface area contributed by atoms with Gasteiger partial charge in [-0.1, -0.05) is 35.6 Å². The molecule has 0 unspecified atom stereocenters. The lowest BCUT2D eigenvalue weighted by molar-refractivity contribution is 0.0985. The molecule has 0 radical (unpaired) electrons. The number of para-hydroxylation sites is 1. The van der Waals surface area contributed by atoms with Crippen molar-refractivity contribution in [1.82, 2.24) is 9.88 Å². The van der Waals surface area contributed by atoms with Gasteiger partial charge in [0.1, 0.15) is 0 Å². The van der Waals surface area contributed by atoms with Crippen molar-refractivity contribution < 1.29 is 4.79 Å². The molecular formula is C19H20IN3OS. The Morgan fingerprint density at radius 2 is 1.80 bits per heavy atom. The van der Waals surface area contributed by atoms with Crippen LogP contribution in [0, 0.1) is 3.57 Å². The summed E-state index contributed by atoms with van der Waals surface area (Å²) in [5, 5.41) is 0.768. The first-order valence-corrected chi connectivity index (χ1v) is 10.0. The Morgan fingerprint density at radius 3 is 2.52 bits per heavy atom. The van der Waals surface area contributed by atoms with E-state index in [1.165, 1.54) is 0 Å². The summed E-state index contributed by atoms with van der Waals surface area (Å²) in [7, 11) is 4.09. The number of rotatable bonds is 6. The summed E-state index contributed by atoms with van der Waals surface area (Å²) in [5.74, 6) is 0.0165. The van der Waals surface area contributed by atoms with Crippen LogP contribution in [0.2, 0.25) is 0 Å². The second-order valence-corrected chi connectivity index (χ2v) is 8.23. The van der Waals surface area contributed by atoms with Crippen LogP contribution >= 0.6 is 33.9 Å². The van der Waals surface area contributed by atoms with Crippen LogP contribution in [0.4, 0.5) is 5.13 Å². The first-order chi connectivity index (χ1) is 12.1. The number of hydrogen-bond donors (Lipinski definition) is 0. The lowest BCUT2D eigenvalue weighted by Gasteiger charge is -2.21. The van der Waals surface area contributed by atoms with Crippen molar-refractivity contribution in [3.05, 3.63) is 57.7 Å². The minimum Gasteiger partial charge on any atom is -0.309 e. The fourth-order valence-corrected chi connectivity index (χ4v) is 4.19. The summed E-state index contributed by atoms with van der Waals surface area (Å²) in [6, 6.07) is 15.7. The molecule has 1 heterocycles. The summed E-state index contributed by atoms with van der Waals surface area (Å²) in [4.78, 5) is 21.8. The number of hydrogen-bond acceptors (Lipinski definition) is 4. The Balaban J connectivity index is 1.94. The number of amides is 1. The van der Waals surface area contributed by atoms with E-state index in [-0.39, 0.29) is 5.91 Å². The standard InChI is InChI=1S/C19H20IN3OS/c1-22(2)12-7-13-23(18(24)14-8-3-4-9-15(14)20)19-21-16-10-5-6-11-17(16)25-19/h3-6,8-11H,7,12-13H2,1-2H3. The molecule has 0 aliphatic heterocycles. The lowest BCUT2D eigenvalue weighted by Crippen LogP contribution is -2.33. The zero-order chi connectivity index (χ0) is 17.8. The molecule has 130 valence electrons. The Labute approximate surface area is 165 Å². The maximum atomic E-state index is 13.2. The average molecular weight is 465 g/mol. The third-order valence-electron chi connectivity index (χ3n) is 3.85. The summed E-state index contributed by atoms with van der Waals surface area (Å²) in [6.07, 6.45) is 0.901. The second-order valence-electron chi connectivity index (χ2n) is 6.06. The monoisotopic (exact) mass is 465 g/mol. The van der Waals surface area contributed by atoms with Gasteiger partial charge in [-0.2, -0.15) is 0 Å². The van der Waals surface area contributed by atoms with Crippen LogP contribution in [-0.4, -0.2) is 43.0 Å². The molecule has 25 heavy (non-hydrogen) atoms. The van der Waals surface area contributed by atoms with Gasteiger partial charge < -0.3 is 4.90 Å². The van der Waals surface area contributed by atoms with Gasteiger partial charge in [0.15, 0.2) is 5.13 Å². The van der Waals surface area contributed by atoms with Crippen molar-refractivity contribution in [3.63, 3.8) is 0 Å². The van der Waals surface area contributed by atoms with Crippen molar-refractivity contribution in [3.8, 4) is 0 Å². The van der Waals surface area contributed by atoms with Crippen LogP contribution < -0.4 is 4.90 Å². The Kier molecular flexibility index (Phi) is 6.03. The molecule has 0 saturated carbocycles. The van der Waals surface area contributed by atoms with Crippen LogP contribution in [0.1, 0.15) is 16.8 Å². The van der Waals surface area contributed by atoms with Crippen molar-refractivity contribution in [2.45, 2.75) is 6.42 Å². The zero-order valence-corrected chi connectivity index (χ0v) is 17.3. The summed E-state index contributed by atoms with van der Waals surface area (Å²) >= 11 is 3.79. The third-order valence-corrected chi connectivity index (χ3v) is 5.85. The molecule has 0 atom stereocenters. The molecule has 0 fully saturated rings. The molecule has 1 aromatic heterocycles. The SMILES string of the molecule is CN(C)CCCN(C(=O)c1ccccc1I)c1nc2ccccc2s1. The molecule has 3 rings (SSSR count). The second kappa shape index (κ2) is 8.25. The van der Waals surface area contributed by atoms with E-state index in [0.29, 0.717) is 6.54 Å². The van der Waals surface area contributed by atoms with Gasteiger partial charge in [0, 0.05) is 10.1 Å². The Bertz CT molecular complexity index is 845. The summed E-state index contributed by atoms with van der Waals surface area (Å²) < 4.78 is 2.06. The molecule has 6 heteroatoms. The number of aromatic nitrogens is 1. The highest BCUT2D eigenvalue weighted by Gasteiger charge is 2.22. The van der Waals surface area contributed by atoms with Crippen molar-refractivity contribution in [1.29, 1.82) is 0 Å². The quantitative estimate of drug-likeness (QED) is 0.503. The zero-order valence-electron chi connectivity index (χ0n) is 14.3. The third kappa shape index (κ3) is 4.37. The van der Waals surface area contributed by atoms with Gasteiger partial charge >= 0.3 is 0 Å². The lowest BCUT2D eigenvalue weighted by atomic mass is 10.2. The topological polar surface area (TPSA) is 36.4 Å². The molecule has 0 aliphatic carbocycles. The highest BCUT2D eigenvalue weighted by atomic mass is 127. The number of nitrogens with zero attached hydrogens (tertiary/aromatic N) is 3. The molecule has 0 N–H and O–H groups in total. The Hall–Kier alpha value is -1.51. The molecule has 0 saturated heterocycles. The molecule has 3 aromatic rings. The van der Waals surface area contributed by atoms with Gasteiger partial charge in [0.2, 0.25) is 0 Å². The molecule has 0 bridgehead atoms. The minimum absolute atomic E-state index is 0.0165. The maximum absolute atomic E-state index is 13.2. The van der Waals surface area contributed by atoms with Crippen molar-refractivity contribution in [2.75, 3.05) is 32.1 Å². The first kappa shape index (κ1) is 18.3. The predicted molar refractivity (Wildman–Crippen MR) is 114 cm³/mol. The summed E-state index contributed by atoms with van der Waals surface area (Å²) in [5.41, 5.74) is 1.67. The van der Waals surface area contributed by atoms with Crippen LogP contribution in [-0.2, 0) is 0 Å². The molecule has 2 aromatic carbocycles. The summed E-state index contributed by atoms with van der Waals surface area (Å²) in [6.45, 7) is 1.59. The fourth-order valence-electron chi connectivity index (χ4n) is 2.58. The highest BCUT2D eigenvalue weighted by Crippen LogP contribution is 2.30. The van der Waals surface area contributed by atoms with E-state index in [4.69, 9.17) is 4.98 Å². The number of benzene rings is 2.